The number of nitrogens with zero attached hydrogens (tertiary/aromatic N) is 2. The van der Waals surface area contributed by atoms with Gasteiger partial charge >= 0.3 is 0 Å². The van der Waals surface area contributed by atoms with Gasteiger partial charge in [-0.15, -0.1) is 0 Å². The van der Waals surface area contributed by atoms with Crippen LogP contribution in [-0.4, -0.2) is 56.1 Å². The summed E-state index contributed by atoms with van der Waals surface area (Å²) in [6, 6.07) is 15.0. The monoisotopic (exact) mass is 489 g/mol. The van der Waals surface area contributed by atoms with Gasteiger partial charge in [0, 0.05) is 12.1 Å². The van der Waals surface area contributed by atoms with Crippen LogP contribution in [0.4, 0.5) is 5.69 Å². The predicted molar refractivity (Wildman–Crippen MR) is 134 cm³/mol. The van der Waals surface area contributed by atoms with Crippen LogP contribution in [0.5, 0.6) is 5.75 Å². The summed E-state index contributed by atoms with van der Waals surface area (Å²) in [5, 5.41) is 2.89. The van der Waals surface area contributed by atoms with Crippen molar-refractivity contribution >= 4 is 27.5 Å². The molecule has 2 amide bonds. The zero-order valence-electron chi connectivity index (χ0n) is 20.7. The molecule has 34 heavy (non-hydrogen) atoms. The minimum atomic E-state index is -3.77. The number of hydrogen-bond donors (Lipinski definition) is 1. The number of anilines is 1. The van der Waals surface area contributed by atoms with Crippen molar-refractivity contribution in [3.8, 4) is 5.75 Å². The van der Waals surface area contributed by atoms with Crippen molar-refractivity contribution in [3.63, 3.8) is 0 Å². The molecule has 0 aromatic heterocycles. The van der Waals surface area contributed by atoms with Crippen LogP contribution in [0.25, 0.3) is 0 Å². The third-order valence-corrected chi connectivity index (χ3v) is 6.12. The molecule has 2 aromatic rings. The summed E-state index contributed by atoms with van der Waals surface area (Å²) in [6.45, 7) is 9.29. The summed E-state index contributed by atoms with van der Waals surface area (Å²) < 4.78 is 31.7. The van der Waals surface area contributed by atoms with E-state index in [1.54, 1.807) is 31.2 Å². The van der Waals surface area contributed by atoms with Crippen LogP contribution < -0.4 is 14.4 Å². The molecule has 0 aliphatic heterocycles. The number of benzene rings is 2. The highest BCUT2D eigenvalue weighted by molar-refractivity contribution is 7.92. The Labute approximate surface area is 202 Å². The minimum absolute atomic E-state index is 0.166. The Bertz CT molecular complexity index is 1060. The lowest BCUT2D eigenvalue weighted by Gasteiger charge is -2.33. The second kappa shape index (κ2) is 11.4. The van der Waals surface area contributed by atoms with Crippen molar-refractivity contribution in [1.82, 2.24) is 10.2 Å². The fourth-order valence-electron chi connectivity index (χ4n) is 3.33. The average molecular weight is 490 g/mol. The highest BCUT2D eigenvalue weighted by Crippen LogP contribution is 2.22. The number of rotatable bonds is 10. The largest absolute Gasteiger partial charge is 0.494 e. The Balaban J connectivity index is 2.35. The molecule has 0 heterocycles. The lowest BCUT2D eigenvalue weighted by molar-refractivity contribution is -0.140. The first-order valence-electron chi connectivity index (χ1n) is 11.2. The third-order valence-electron chi connectivity index (χ3n) is 4.98. The molecule has 0 saturated carbocycles. The predicted octanol–water partition coefficient (Wildman–Crippen LogP) is 3.18. The average Bonchev–Trinajstić information content (AvgIpc) is 2.75. The minimum Gasteiger partial charge on any atom is -0.494 e. The van der Waals surface area contributed by atoms with Gasteiger partial charge in [-0.2, -0.15) is 0 Å². The van der Waals surface area contributed by atoms with Gasteiger partial charge in [0.2, 0.25) is 21.8 Å². The smallest absolute Gasteiger partial charge is 0.244 e. The van der Waals surface area contributed by atoms with Gasteiger partial charge in [0.25, 0.3) is 0 Å². The molecule has 0 radical (unpaired) electrons. The molecule has 0 spiro atoms. The van der Waals surface area contributed by atoms with Gasteiger partial charge in [0.05, 0.1) is 18.6 Å². The first kappa shape index (κ1) is 27.2. The molecule has 9 heteroatoms. The van der Waals surface area contributed by atoms with Crippen LogP contribution in [0.15, 0.2) is 54.6 Å². The van der Waals surface area contributed by atoms with E-state index in [1.165, 1.54) is 4.90 Å². The molecule has 2 aromatic carbocycles. The van der Waals surface area contributed by atoms with Crippen molar-refractivity contribution in [2.45, 2.75) is 52.7 Å². The molecule has 0 aliphatic carbocycles. The van der Waals surface area contributed by atoms with Gasteiger partial charge in [-0.1, -0.05) is 30.3 Å². The third kappa shape index (κ3) is 8.06. The normalized spacial score (nSPS) is 12.5. The van der Waals surface area contributed by atoms with E-state index in [0.29, 0.717) is 18.0 Å². The molecule has 0 aliphatic rings. The Hall–Kier alpha value is -3.07. The van der Waals surface area contributed by atoms with Gasteiger partial charge in [0.1, 0.15) is 18.3 Å². The number of amides is 2. The number of nitrogens with one attached hydrogen (secondary N) is 1. The van der Waals surface area contributed by atoms with Crippen molar-refractivity contribution in [3.05, 3.63) is 60.2 Å². The summed E-state index contributed by atoms with van der Waals surface area (Å²) in [4.78, 5) is 27.8. The number of sulfonamides is 1. The Morgan fingerprint density at radius 1 is 1.03 bits per heavy atom. The van der Waals surface area contributed by atoms with Gasteiger partial charge in [-0.3, -0.25) is 13.9 Å². The summed E-state index contributed by atoms with van der Waals surface area (Å²) in [5.41, 5.74) is 0.692. The van der Waals surface area contributed by atoms with Crippen LogP contribution in [0.1, 0.15) is 40.2 Å². The molecule has 0 fully saturated rings. The molecule has 0 unspecified atom stereocenters. The Morgan fingerprint density at radius 2 is 1.62 bits per heavy atom. The topological polar surface area (TPSA) is 96.0 Å². The molecule has 1 atom stereocenters. The molecule has 186 valence electrons. The maximum atomic E-state index is 13.5. The van der Waals surface area contributed by atoms with Gasteiger partial charge in [0.15, 0.2) is 0 Å². The number of ether oxygens (including phenoxy) is 1. The molecule has 8 nitrogen and oxygen atoms in total. The molecular weight excluding hydrogens is 454 g/mol. The lowest BCUT2D eigenvalue weighted by Crippen LogP contribution is -2.54. The summed E-state index contributed by atoms with van der Waals surface area (Å²) in [7, 11) is -3.77. The highest BCUT2D eigenvalue weighted by atomic mass is 32.2. The molecule has 0 saturated heterocycles. The van der Waals surface area contributed by atoms with E-state index in [9.17, 15) is 18.0 Å². The summed E-state index contributed by atoms with van der Waals surface area (Å²) >= 11 is 0. The molecule has 1 N–H and O–H groups in total. The highest BCUT2D eigenvalue weighted by Gasteiger charge is 2.31. The Morgan fingerprint density at radius 3 is 2.12 bits per heavy atom. The molecule has 0 bridgehead atoms. The number of hydrogen-bond acceptors (Lipinski definition) is 5. The summed E-state index contributed by atoms with van der Waals surface area (Å²) in [6.07, 6.45) is 1.05. The maximum Gasteiger partial charge on any atom is 0.244 e. The van der Waals surface area contributed by atoms with Crippen LogP contribution in [0.3, 0.4) is 0 Å². The van der Waals surface area contributed by atoms with E-state index in [4.69, 9.17) is 4.74 Å². The van der Waals surface area contributed by atoms with Gasteiger partial charge in [-0.25, -0.2) is 8.42 Å². The van der Waals surface area contributed by atoms with E-state index >= 15 is 0 Å². The van der Waals surface area contributed by atoms with Crippen LogP contribution in [0, 0.1) is 0 Å². The van der Waals surface area contributed by atoms with Crippen LogP contribution in [-0.2, 0) is 26.2 Å². The SMILES string of the molecule is CCOc1ccc(N(CC(=O)N(Cc2ccccc2)[C@@H](C)C(=O)NC(C)(C)C)S(C)(=O)=O)cc1. The van der Waals surface area contributed by atoms with Crippen molar-refractivity contribution in [1.29, 1.82) is 0 Å². The van der Waals surface area contributed by atoms with Crippen molar-refractivity contribution in [2.24, 2.45) is 0 Å². The number of carbonyl (C=O) groups excluding carboxylic acids is 2. The van der Waals surface area contributed by atoms with E-state index in [2.05, 4.69) is 5.32 Å². The van der Waals surface area contributed by atoms with E-state index in [-0.39, 0.29) is 12.5 Å². The van der Waals surface area contributed by atoms with E-state index < -0.39 is 34.1 Å². The first-order valence-corrected chi connectivity index (χ1v) is 13.0. The second-order valence-electron chi connectivity index (χ2n) is 9.12. The van der Waals surface area contributed by atoms with Gasteiger partial charge < -0.3 is 15.0 Å². The maximum absolute atomic E-state index is 13.5. The van der Waals surface area contributed by atoms with E-state index in [1.807, 2.05) is 58.0 Å². The van der Waals surface area contributed by atoms with E-state index in [0.717, 1.165) is 16.1 Å². The Kier molecular flexibility index (Phi) is 9.09. The fraction of sp³-hybridized carbons (Fsp3) is 0.440. The van der Waals surface area contributed by atoms with Crippen molar-refractivity contribution in [2.75, 3.05) is 23.7 Å². The quantitative estimate of drug-likeness (QED) is 0.553. The van der Waals surface area contributed by atoms with Gasteiger partial charge in [-0.05, 0) is 64.4 Å². The summed E-state index contributed by atoms with van der Waals surface area (Å²) in [5.74, 6) is -0.201. The number of carbonyl (C=O) groups is 2. The molecular formula is C25H35N3O5S. The zero-order valence-corrected chi connectivity index (χ0v) is 21.6. The van der Waals surface area contributed by atoms with Crippen LogP contribution >= 0.6 is 0 Å². The standard InChI is InChI=1S/C25H35N3O5S/c1-7-33-22-15-13-21(14-16-22)28(34(6,31)32)18-23(29)27(17-20-11-9-8-10-12-20)19(2)24(30)26-25(3,4)5/h8-16,19H,7,17-18H2,1-6H3,(H,26,30)/t19-/m0/s1. The first-order chi connectivity index (χ1) is 15.8. The van der Waals surface area contributed by atoms with Crippen molar-refractivity contribution < 1.29 is 22.7 Å². The molecule has 2 rings (SSSR count). The fourth-order valence-corrected chi connectivity index (χ4v) is 4.18. The van der Waals surface area contributed by atoms with Crippen LogP contribution in [0.2, 0.25) is 0 Å². The second-order valence-corrected chi connectivity index (χ2v) is 11.0. The lowest BCUT2D eigenvalue weighted by atomic mass is 10.1. The zero-order chi connectivity index (χ0) is 25.5.